The summed E-state index contributed by atoms with van der Waals surface area (Å²) in [5.74, 6) is 0.654. The van der Waals surface area contributed by atoms with Crippen LogP contribution in [0.5, 0.6) is 0 Å². The third-order valence-electron chi connectivity index (χ3n) is 3.68. The molecule has 4 heteroatoms. The zero-order valence-electron chi connectivity index (χ0n) is 11.9. The highest BCUT2D eigenvalue weighted by Gasteiger charge is 2.24. The van der Waals surface area contributed by atoms with Crippen molar-refractivity contribution in [1.82, 2.24) is 9.88 Å². The highest BCUT2D eigenvalue weighted by molar-refractivity contribution is 7.09. The van der Waals surface area contributed by atoms with Gasteiger partial charge in [-0.2, -0.15) is 0 Å². The van der Waals surface area contributed by atoms with E-state index in [0.717, 1.165) is 19.6 Å². The molecule has 0 amide bonds. The van der Waals surface area contributed by atoms with Crippen LogP contribution in [0.15, 0.2) is 5.38 Å². The number of nitrogens with zero attached hydrogens (tertiary/aromatic N) is 2. The first-order chi connectivity index (χ1) is 8.36. The molecule has 2 rings (SSSR count). The summed E-state index contributed by atoms with van der Waals surface area (Å²) >= 11 is 1.78. The second kappa shape index (κ2) is 5.27. The van der Waals surface area contributed by atoms with Crippen LogP contribution in [0.1, 0.15) is 44.8 Å². The Morgan fingerprint density at radius 3 is 2.78 bits per heavy atom. The molecule has 1 aliphatic rings. The van der Waals surface area contributed by atoms with Crippen LogP contribution in [0.25, 0.3) is 0 Å². The maximum Gasteiger partial charge on any atom is 0.0982 e. The van der Waals surface area contributed by atoms with Crippen molar-refractivity contribution in [3.63, 3.8) is 0 Å². The van der Waals surface area contributed by atoms with Gasteiger partial charge in [0.1, 0.15) is 0 Å². The van der Waals surface area contributed by atoms with Gasteiger partial charge in [-0.1, -0.05) is 27.7 Å². The van der Waals surface area contributed by atoms with Crippen LogP contribution in [-0.2, 0) is 12.0 Å². The Kier molecular flexibility index (Phi) is 4.09. The van der Waals surface area contributed by atoms with Crippen molar-refractivity contribution in [1.29, 1.82) is 0 Å². The molecule has 2 atom stereocenters. The third-order valence-corrected chi connectivity index (χ3v) is 5.00. The molecule has 0 bridgehead atoms. The fraction of sp³-hybridized carbons (Fsp3) is 0.786. The van der Waals surface area contributed by atoms with Gasteiger partial charge >= 0.3 is 0 Å². The van der Waals surface area contributed by atoms with Gasteiger partial charge in [-0.05, 0) is 18.9 Å². The van der Waals surface area contributed by atoms with E-state index in [1.807, 2.05) is 0 Å². The van der Waals surface area contributed by atoms with Crippen LogP contribution >= 0.6 is 11.3 Å². The largest absolute Gasteiger partial charge is 0.326 e. The summed E-state index contributed by atoms with van der Waals surface area (Å²) in [5, 5.41) is 3.43. The zero-order valence-corrected chi connectivity index (χ0v) is 12.8. The third kappa shape index (κ3) is 3.31. The van der Waals surface area contributed by atoms with Crippen molar-refractivity contribution < 1.29 is 0 Å². The minimum Gasteiger partial charge on any atom is -0.326 e. The van der Waals surface area contributed by atoms with E-state index in [1.165, 1.54) is 17.1 Å². The molecule has 3 nitrogen and oxygen atoms in total. The van der Waals surface area contributed by atoms with Crippen molar-refractivity contribution in [3.8, 4) is 0 Å². The minimum atomic E-state index is 0.162. The van der Waals surface area contributed by atoms with Gasteiger partial charge in [-0.3, -0.25) is 4.90 Å². The number of thiazole rings is 1. The van der Waals surface area contributed by atoms with Crippen LogP contribution in [0.2, 0.25) is 0 Å². The number of aromatic nitrogens is 1. The normalized spacial score (nSPS) is 26.5. The Hall–Kier alpha value is -0.450. The van der Waals surface area contributed by atoms with Crippen molar-refractivity contribution in [3.05, 3.63) is 16.1 Å². The van der Waals surface area contributed by atoms with Gasteiger partial charge in [0.2, 0.25) is 0 Å². The van der Waals surface area contributed by atoms with Crippen molar-refractivity contribution in [2.24, 2.45) is 11.7 Å². The second-order valence-electron chi connectivity index (χ2n) is 6.56. The Bertz CT molecular complexity index is 394. The lowest BCUT2D eigenvalue weighted by Gasteiger charge is -2.34. The van der Waals surface area contributed by atoms with Gasteiger partial charge < -0.3 is 5.73 Å². The Balaban J connectivity index is 1.96. The molecule has 1 aliphatic heterocycles. The van der Waals surface area contributed by atoms with Crippen LogP contribution in [0.3, 0.4) is 0 Å². The van der Waals surface area contributed by atoms with Crippen LogP contribution in [-0.4, -0.2) is 29.0 Å². The minimum absolute atomic E-state index is 0.162. The fourth-order valence-corrected chi connectivity index (χ4v) is 3.16. The maximum absolute atomic E-state index is 6.14. The van der Waals surface area contributed by atoms with E-state index in [-0.39, 0.29) is 5.41 Å². The lowest BCUT2D eigenvalue weighted by atomic mass is 9.94. The first-order valence-corrected chi connectivity index (χ1v) is 7.67. The van der Waals surface area contributed by atoms with E-state index in [2.05, 4.69) is 38.0 Å². The summed E-state index contributed by atoms with van der Waals surface area (Å²) in [6.45, 7) is 12.0. The second-order valence-corrected chi connectivity index (χ2v) is 7.42. The molecule has 102 valence electrons. The molecular weight excluding hydrogens is 242 g/mol. The van der Waals surface area contributed by atoms with E-state index in [9.17, 15) is 0 Å². The molecule has 1 fully saturated rings. The first kappa shape index (κ1) is 14.0. The predicted octanol–water partition coefficient (Wildman–Crippen LogP) is 2.61. The quantitative estimate of drug-likeness (QED) is 0.895. The van der Waals surface area contributed by atoms with Crippen LogP contribution in [0, 0.1) is 5.92 Å². The number of likely N-dealkylation sites (tertiary alicyclic amines) is 1. The van der Waals surface area contributed by atoms with Gasteiger partial charge in [-0.25, -0.2) is 4.98 Å². The zero-order chi connectivity index (χ0) is 13.3. The lowest BCUT2D eigenvalue weighted by Crippen LogP contribution is -2.47. The summed E-state index contributed by atoms with van der Waals surface area (Å²) in [6.07, 6.45) is 1.21. The number of rotatable bonds is 2. The standard InChI is InChI=1S/C14H25N3S/c1-10-5-6-17(8-12(10)15)7-11-9-18-13(16-11)14(2,3)4/h9-10,12H,5-8,15H2,1-4H3. The molecule has 0 aromatic carbocycles. The summed E-state index contributed by atoms with van der Waals surface area (Å²) < 4.78 is 0. The molecular formula is C14H25N3S. The molecule has 1 saturated heterocycles. The average Bonchev–Trinajstić information content (AvgIpc) is 2.72. The van der Waals surface area contributed by atoms with Gasteiger partial charge in [0.15, 0.2) is 0 Å². The molecule has 1 aromatic rings. The Labute approximate surface area is 114 Å². The molecule has 0 aliphatic carbocycles. The topological polar surface area (TPSA) is 42.2 Å². The lowest BCUT2D eigenvalue weighted by molar-refractivity contribution is 0.161. The molecule has 2 heterocycles. The summed E-state index contributed by atoms with van der Waals surface area (Å²) in [6, 6.07) is 0.319. The number of piperidine rings is 1. The molecule has 0 saturated carbocycles. The molecule has 18 heavy (non-hydrogen) atoms. The molecule has 1 aromatic heterocycles. The van der Waals surface area contributed by atoms with Crippen molar-refractivity contribution >= 4 is 11.3 Å². The van der Waals surface area contributed by atoms with E-state index in [1.54, 1.807) is 11.3 Å². The first-order valence-electron chi connectivity index (χ1n) is 6.79. The van der Waals surface area contributed by atoms with Crippen LogP contribution < -0.4 is 5.73 Å². The summed E-state index contributed by atoms with van der Waals surface area (Å²) in [4.78, 5) is 7.19. The van der Waals surface area contributed by atoms with Gasteiger partial charge in [-0.15, -0.1) is 11.3 Å². The van der Waals surface area contributed by atoms with Crippen molar-refractivity contribution in [2.45, 2.75) is 52.1 Å². The summed E-state index contributed by atoms with van der Waals surface area (Å²) in [7, 11) is 0. The molecule has 2 N–H and O–H groups in total. The van der Waals surface area contributed by atoms with E-state index in [4.69, 9.17) is 10.7 Å². The average molecular weight is 267 g/mol. The highest BCUT2D eigenvalue weighted by atomic mass is 32.1. The fourth-order valence-electron chi connectivity index (χ4n) is 2.27. The molecule has 0 radical (unpaired) electrons. The van der Waals surface area contributed by atoms with Crippen molar-refractivity contribution in [2.75, 3.05) is 13.1 Å². The Morgan fingerprint density at radius 2 is 2.22 bits per heavy atom. The number of nitrogens with two attached hydrogens (primary N) is 1. The predicted molar refractivity (Wildman–Crippen MR) is 77.8 cm³/mol. The SMILES string of the molecule is CC1CCN(Cc2csc(C(C)(C)C)n2)CC1N. The van der Waals surface area contributed by atoms with E-state index < -0.39 is 0 Å². The van der Waals surface area contributed by atoms with Gasteiger partial charge in [0.05, 0.1) is 10.7 Å². The Morgan fingerprint density at radius 1 is 1.50 bits per heavy atom. The highest BCUT2D eigenvalue weighted by Crippen LogP contribution is 2.26. The monoisotopic (exact) mass is 267 g/mol. The van der Waals surface area contributed by atoms with Gasteiger partial charge in [0.25, 0.3) is 0 Å². The number of hydrogen-bond donors (Lipinski definition) is 1. The van der Waals surface area contributed by atoms with E-state index in [0.29, 0.717) is 12.0 Å². The van der Waals surface area contributed by atoms with E-state index >= 15 is 0 Å². The maximum atomic E-state index is 6.14. The van der Waals surface area contributed by atoms with Gasteiger partial charge in [0, 0.05) is 29.9 Å². The summed E-state index contributed by atoms with van der Waals surface area (Å²) in [5.41, 5.74) is 7.50. The number of hydrogen-bond acceptors (Lipinski definition) is 4. The van der Waals surface area contributed by atoms with Crippen LogP contribution in [0.4, 0.5) is 0 Å². The smallest absolute Gasteiger partial charge is 0.0982 e. The molecule has 0 spiro atoms. The molecule has 2 unspecified atom stereocenters.